The summed E-state index contributed by atoms with van der Waals surface area (Å²) in [7, 11) is 1.55. The molecular weight excluding hydrogens is 548 g/mol. The molecule has 0 saturated carbocycles. The van der Waals surface area contributed by atoms with E-state index < -0.39 is 23.4 Å². The Morgan fingerprint density at radius 2 is 1.62 bits per heavy atom. The van der Waals surface area contributed by atoms with Crippen LogP contribution in [0.1, 0.15) is 38.8 Å². The van der Waals surface area contributed by atoms with Crippen molar-refractivity contribution in [2.24, 2.45) is 5.92 Å². The highest BCUT2D eigenvalue weighted by atomic mass is 35.5. The quantitative estimate of drug-likeness (QED) is 0.272. The molecule has 0 bridgehead atoms. The molecule has 1 fully saturated rings. The van der Waals surface area contributed by atoms with Crippen molar-refractivity contribution in [3.63, 3.8) is 0 Å². The van der Waals surface area contributed by atoms with E-state index in [9.17, 15) is 14.4 Å². The van der Waals surface area contributed by atoms with Crippen LogP contribution in [0.15, 0.2) is 103 Å². The van der Waals surface area contributed by atoms with E-state index in [0.717, 1.165) is 16.8 Å². The molecule has 3 aliphatic rings. The number of halogens is 1. The average Bonchev–Trinajstić information content (AvgIpc) is 3.49. The summed E-state index contributed by atoms with van der Waals surface area (Å²) in [6.45, 7) is 2.01. The number of allylic oxidation sites excluding steroid dienone is 1. The van der Waals surface area contributed by atoms with E-state index in [1.807, 2.05) is 66.4 Å². The summed E-state index contributed by atoms with van der Waals surface area (Å²) < 4.78 is 5.44. The molecule has 0 aromatic heterocycles. The summed E-state index contributed by atoms with van der Waals surface area (Å²) in [5.74, 6) is -1.37. The number of nitrogens with one attached hydrogen (secondary N) is 1. The molecule has 0 radical (unpaired) electrons. The number of ether oxygens (including phenoxy) is 1. The Morgan fingerprint density at radius 1 is 0.881 bits per heavy atom. The van der Waals surface area contributed by atoms with Gasteiger partial charge in [0, 0.05) is 33.1 Å². The number of hydrogen-bond donors (Lipinski definition) is 1. The van der Waals surface area contributed by atoms with Crippen LogP contribution in [0.5, 0.6) is 5.75 Å². The van der Waals surface area contributed by atoms with Gasteiger partial charge >= 0.3 is 0 Å². The Balaban J connectivity index is 1.55. The van der Waals surface area contributed by atoms with Crippen molar-refractivity contribution in [1.29, 1.82) is 0 Å². The molecule has 1 amide bonds. The van der Waals surface area contributed by atoms with Gasteiger partial charge in [0.05, 0.1) is 19.1 Å². The maximum absolute atomic E-state index is 14.8. The number of ketones is 2. The van der Waals surface area contributed by atoms with Crippen LogP contribution >= 0.6 is 11.6 Å². The van der Waals surface area contributed by atoms with Crippen molar-refractivity contribution < 1.29 is 19.1 Å². The third-order valence-electron chi connectivity index (χ3n) is 8.92. The van der Waals surface area contributed by atoms with Crippen molar-refractivity contribution in [2.75, 3.05) is 17.3 Å². The lowest BCUT2D eigenvalue weighted by Crippen LogP contribution is -2.51. The van der Waals surface area contributed by atoms with Gasteiger partial charge in [-0.25, -0.2) is 0 Å². The number of anilines is 2. The van der Waals surface area contributed by atoms with Crippen LogP contribution in [0.3, 0.4) is 0 Å². The molecule has 0 unspecified atom stereocenters. The van der Waals surface area contributed by atoms with Gasteiger partial charge in [-0.1, -0.05) is 66.2 Å². The molecule has 0 aliphatic carbocycles. The van der Waals surface area contributed by atoms with E-state index >= 15 is 0 Å². The fourth-order valence-electron chi connectivity index (χ4n) is 7.13. The molecule has 3 heterocycles. The number of rotatable bonds is 5. The lowest BCUT2D eigenvalue weighted by atomic mass is 9.64. The number of fused-ring (bicyclic) bond motifs is 6. The molecule has 7 heteroatoms. The van der Waals surface area contributed by atoms with Crippen molar-refractivity contribution in [2.45, 2.75) is 24.4 Å². The first-order valence-corrected chi connectivity index (χ1v) is 14.2. The maximum atomic E-state index is 14.8. The molecule has 7 rings (SSSR count). The predicted molar refractivity (Wildman–Crippen MR) is 163 cm³/mol. The number of hydrogen-bond acceptors (Lipinski definition) is 5. The molecule has 42 heavy (non-hydrogen) atoms. The van der Waals surface area contributed by atoms with Crippen molar-refractivity contribution >= 4 is 46.0 Å². The summed E-state index contributed by atoms with van der Waals surface area (Å²) in [6, 6.07) is 27.3. The molecule has 1 spiro atoms. The predicted octanol–water partition coefficient (Wildman–Crippen LogP) is 6.59. The third kappa shape index (κ3) is 3.61. The number of benzene rings is 4. The van der Waals surface area contributed by atoms with Crippen molar-refractivity contribution in [1.82, 2.24) is 0 Å². The van der Waals surface area contributed by atoms with Crippen LogP contribution in [0.2, 0.25) is 5.02 Å². The number of carbonyl (C=O) groups is 3. The summed E-state index contributed by atoms with van der Waals surface area (Å²) in [4.78, 5) is 46.1. The summed E-state index contributed by atoms with van der Waals surface area (Å²) >= 11 is 6.19. The monoisotopic (exact) mass is 574 g/mol. The highest BCUT2D eigenvalue weighted by Gasteiger charge is 2.70. The summed E-state index contributed by atoms with van der Waals surface area (Å²) in [6.07, 6.45) is 2.05. The number of methoxy groups -OCH3 is 1. The van der Waals surface area contributed by atoms with Gasteiger partial charge in [0.2, 0.25) is 5.91 Å². The summed E-state index contributed by atoms with van der Waals surface area (Å²) in [5.41, 5.74) is 3.53. The number of nitrogens with zero attached hydrogens (tertiary/aromatic N) is 1. The first kappa shape index (κ1) is 26.2. The number of amides is 1. The van der Waals surface area contributed by atoms with Gasteiger partial charge in [0.15, 0.2) is 11.6 Å². The normalized spacial score (nSPS) is 23.5. The Labute approximate surface area is 248 Å². The molecule has 4 aromatic carbocycles. The molecule has 1 saturated heterocycles. The largest absolute Gasteiger partial charge is 0.497 e. The molecule has 1 N–H and O–H groups in total. The number of para-hydroxylation sites is 2. The van der Waals surface area contributed by atoms with E-state index in [-0.39, 0.29) is 17.5 Å². The fourth-order valence-corrected chi connectivity index (χ4v) is 7.25. The molecule has 6 nitrogen and oxygen atoms in total. The van der Waals surface area contributed by atoms with E-state index in [4.69, 9.17) is 16.3 Å². The minimum atomic E-state index is -1.37. The first-order valence-electron chi connectivity index (χ1n) is 13.8. The van der Waals surface area contributed by atoms with Crippen molar-refractivity contribution in [3.05, 3.63) is 130 Å². The van der Waals surface area contributed by atoms with Gasteiger partial charge in [0.25, 0.3) is 0 Å². The van der Waals surface area contributed by atoms with Gasteiger partial charge in [-0.2, -0.15) is 0 Å². The second-order valence-corrected chi connectivity index (χ2v) is 11.4. The lowest BCUT2D eigenvalue weighted by molar-refractivity contribution is -0.121. The van der Waals surface area contributed by atoms with E-state index in [2.05, 4.69) is 5.32 Å². The third-order valence-corrected chi connectivity index (χ3v) is 9.17. The molecule has 4 atom stereocenters. The number of carbonyl (C=O) groups excluding carboxylic acids is 3. The van der Waals surface area contributed by atoms with Gasteiger partial charge in [-0.15, -0.1) is 0 Å². The highest BCUT2D eigenvalue weighted by molar-refractivity contribution is 6.30. The Hall–Kier alpha value is -4.68. The second kappa shape index (κ2) is 9.71. The van der Waals surface area contributed by atoms with Crippen LogP contribution in [0.25, 0.3) is 5.57 Å². The average molecular weight is 575 g/mol. The molecular formula is C35H27ClN2O4. The van der Waals surface area contributed by atoms with Gasteiger partial charge in [-0.05, 0) is 66.6 Å². The van der Waals surface area contributed by atoms with Crippen molar-refractivity contribution in [3.8, 4) is 5.75 Å². The zero-order valence-electron chi connectivity index (χ0n) is 23.0. The van der Waals surface area contributed by atoms with E-state index in [1.165, 1.54) is 0 Å². The fraction of sp³-hybridized carbons (Fsp3) is 0.171. The SMILES string of the molecule is COc1cccc(C(=O)[C@H]2[C@@H](C(=O)c3ccc(Cl)cc3)[C@]3(C(=O)Nc4ccccc43)[C@H]3C=C(C)c4ccccc4N23)c1. The zero-order valence-corrected chi connectivity index (χ0v) is 23.8. The van der Waals surface area contributed by atoms with Crippen LogP contribution in [-0.4, -0.2) is 36.7 Å². The summed E-state index contributed by atoms with van der Waals surface area (Å²) in [5, 5.41) is 3.56. The lowest BCUT2D eigenvalue weighted by Gasteiger charge is -2.39. The zero-order chi connectivity index (χ0) is 29.2. The van der Waals surface area contributed by atoms with Crippen LogP contribution in [0, 0.1) is 5.92 Å². The minimum Gasteiger partial charge on any atom is -0.497 e. The Bertz CT molecular complexity index is 1810. The molecule has 4 aromatic rings. The molecule has 3 aliphatic heterocycles. The Morgan fingerprint density at radius 3 is 2.40 bits per heavy atom. The van der Waals surface area contributed by atoms with Crippen LogP contribution in [-0.2, 0) is 10.2 Å². The van der Waals surface area contributed by atoms with E-state index in [1.54, 1.807) is 55.6 Å². The number of Topliss-reactive ketones (excluding diaryl/α,β-unsaturated/α-hetero) is 2. The maximum Gasteiger partial charge on any atom is 0.238 e. The van der Waals surface area contributed by atoms with Gasteiger partial charge in [-0.3, -0.25) is 14.4 Å². The topological polar surface area (TPSA) is 75.7 Å². The molecule has 208 valence electrons. The van der Waals surface area contributed by atoms with E-state index in [0.29, 0.717) is 33.1 Å². The standard InChI is InChI=1S/C35H27ClN2O4/c1-20-18-29-35(26-11-4-5-12-27(26)37-34(35)41)30(32(39)21-14-16-23(36)17-15-21)31(38(29)28-13-6-3-10-25(20)28)33(40)22-8-7-9-24(19-22)42-2/h3-19,29-31H,1-2H3,(H,37,41)/t29-,30+,31-,35-/m1/s1. The van der Waals surface area contributed by atoms with Gasteiger partial charge < -0.3 is 15.0 Å². The second-order valence-electron chi connectivity index (χ2n) is 11.0. The Kier molecular flexibility index (Phi) is 6.06. The minimum absolute atomic E-state index is 0.261. The first-order chi connectivity index (χ1) is 20.4. The van der Waals surface area contributed by atoms with Crippen LogP contribution in [0.4, 0.5) is 11.4 Å². The smallest absolute Gasteiger partial charge is 0.238 e. The highest BCUT2D eigenvalue weighted by Crippen LogP contribution is 2.58. The van der Waals surface area contributed by atoms with Crippen LogP contribution < -0.4 is 15.0 Å². The van der Waals surface area contributed by atoms with Gasteiger partial charge in [0.1, 0.15) is 17.2 Å².